The Morgan fingerprint density at radius 3 is 1.70 bits per heavy atom. The predicted octanol–water partition coefficient (Wildman–Crippen LogP) is 4.54. The minimum absolute atomic E-state index is 0.111. The van der Waals surface area contributed by atoms with Crippen molar-refractivity contribution in [3.05, 3.63) is 0 Å². The summed E-state index contributed by atoms with van der Waals surface area (Å²) in [5.74, 6) is 0.564. The first kappa shape index (κ1) is 14.7. The van der Waals surface area contributed by atoms with Crippen molar-refractivity contribution in [3.8, 4) is 0 Å². The number of alkyl halides is 3. The van der Waals surface area contributed by atoms with Gasteiger partial charge in [-0.2, -0.15) is 13.2 Å². The highest BCUT2D eigenvalue weighted by Crippen LogP contribution is 2.55. The molecule has 3 aliphatic rings. The van der Waals surface area contributed by atoms with Gasteiger partial charge in [0.2, 0.25) is 0 Å². The highest BCUT2D eigenvalue weighted by molar-refractivity contribution is 4.98. The van der Waals surface area contributed by atoms with Crippen LogP contribution >= 0.6 is 0 Å². The molecule has 3 fully saturated rings. The third kappa shape index (κ3) is 2.60. The van der Waals surface area contributed by atoms with Gasteiger partial charge in [0.15, 0.2) is 6.10 Å². The Bertz CT molecular complexity index is 319. The molecule has 0 saturated heterocycles. The van der Waals surface area contributed by atoms with E-state index in [0.29, 0.717) is 11.8 Å². The van der Waals surface area contributed by atoms with Gasteiger partial charge in [-0.05, 0) is 48.9 Å². The zero-order valence-corrected chi connectivity index (χ0v) is 11.9. The molecular weight excluding hydrogens is 265 g/mol. The molecule has 0 aliphatic heterocycles. The van der Waals surface area contributed by atoms with Crippen LogP contribution < -0.4 is 0 Å². The van der Waals surface area contributed by atoms with Gasteiger partial charge in [0.25, 0.3) is 0 Å². The maximum Gasteiger partial charge on any atom is 0.414 e. The zero-order chi connectivity index (χ0) is 14.3. The van der Waals surface area contributed by atoms with Crippen molar-refractivity contribution in [3.63, 3.8) is 0 Å². The summed E-state index contributed by atoms with van der Waals surface area (Å²) < 4.78 is 39.3. The van der Waals surface area contributed by atoms with Crippen molar-refractivity contribution in [2.75, 3.05) is 0 Å². The van der Waals surface area contributed by atoms with Crippen molar-refractivity contribution in [1.82, 2.24) is 0 Å². The summed E-state index contributed by atoms with van der Waals surface area (Å²) >= 11 is 0. The maximum absolute atomic E-state index is 13.1. The van der Waals surface area contributed by atoms with E-state index in [1.165, 1.54) is 0 Å². The van der Waals surface area contributed by atoms with Crippen LogP contribution in [-0.4, -0.2) is 17.4 Å². The molecule has 0 amide bonds. The molecule has 0 bridgehead atoms. The van der Waals surface area contributed by atoms with Crippen LogP contribution in [0, 0.1) is 29.6 Å². The van der Waals surface area contributed by atoms with E-state index < -0.39 is 18.2 Å². The fourth-order valence-corrected chi connectivity index (χ4v) is 5.46. The van der Waals surface area contributed by atoms with Gasteiger partial charge in [0.05, 0.1) is 0 Å². The molecule has 1 N–H and O–H groups in total. The normalized spacial score (nSPS) is 43.5. The van der Waals surface area contributed by atoms with Gasteiger partial charge in [-0.15, -0.1) is 0 Å². The Labute approximate surface area is 118 Å². The molecule has 0 aromatic heterocycles. The number of fused-ring (bicyclic) bond motifs is 2. The first-order chi connectivity index (χ1) is 9.48. The summed E-state index contributed by atoms with van der Waals surface area (Å²) in [6, 6.07) is 0. The van der Waals surface area contributed by atoms with Crippen LogP contribution in [-0.2, 0) is 0 Å². The van der Waals surface area contributed by atoms with Gasteiger partial charge in [0, 0.05) is 0 Å². The van der Waals surface area contributed by atoms with E-state index in [9.17, 15) is 18.3 Å². The second kappa shape index (κ2) is 5.51. The molecule has 0 aromatic carbocycles. The van der Waals surface area contributed by atoms with E-state index in [1.807, 2.05) is 0 Å². The summed E-state index contributed by atoms with van der Waals surface area (Å²) in [4.78, 5) is 0. The first-order valence-electron chi connectivity index (χ1n) is 8.23. The number of rotatable bonds is 1. The summed E-state index contributed by atoms with van der Waals surface area (Å²) in [6.07, 6.45) is 2.92. The van der Waals surface area contributed by atoms with E-state index in [2.05, 4.69) is 0 Å². The van der Waals surface area contributed by atoms with Crippen LogP contribution in [0.5, 0.6) is 0 Å². The fourth-order valence-electron chi connectivity index (χ4n) is 5.46. The molecule has 0 aromatic rings. The van der Waals surface area contributed by atoms with Gasteiger partial charge in [-0.1, -0.05) is 38.5 Å². The lowest BCUT2D eigenvalue weighted by Gasteiger charge is -2.52. The summed E-state index contributed by atoms with van der Waals surface area (Å²) in [7, 11) is 0. The molecule has 1 nitrogen and oxygen atoms in total. The quantitative estimate of drug-likeness (QED) is 0.751. The third-order valence-electron chi connectivity index (χ3n) is 6.23. The van der Waals surface area contributed by atoms with Crippen molar-refractivity contribution in [1.29, 1.82) is 0 Å². The largest absolute Gasteiger partial charge is 0.414 e. The van der Waals surface area contributed by atoms with E-state index >= 15 is 0 Å². The predicted molar refractivity (Wildman–Crippen MR) is 71.1 cm³/mol. The van der Waals surface area contributed by atoms with Gasteiger partial charge >= 0.3 is 6.18 Å². The van der Waals surface area contributed by atoms with E-state index in [0.717, 1.165) is 57.8 Å². The molecular formula is C16H25F3O. The Balaban J connectivity index is 1.87. The van der Waals surface area contributed by atoms with Crippen LogP contribution in [0.3, 0.4) is 0 Å². The van der Waals surface area contributed by atoms with Crippen LogP contribution in [0.1, 0.15) is 57.8 Å². The van der Waals surface area contributed by atoms with Gasteiger partial charge in [-0.3, -0.25) is 0 Å². The van der Waals surface area contributed by atoms with E-state index in [1.54, 1.807) is 0 Å². The minimum atomic E-state index is -4.45. The Kier molecular flexibility index (Phi) is 4.04. The number of halogens is 3. The molecule has 0 radical (unpaired) electrons. The fraction of sp³-hybridized carbons (Fsp3) is 1.00. The van der Waals surface area contributed by atoms with Crippen LogP contribution in [0.15, 0.2) is 0 Å². The third-order valence-corrected chi connectivity index (χ3v) is 6.23. The van der Waals surface area contributed by atoms with Crippen LogP contribution in [0.25, 0.3) is 0 Å². The standard InChI is InChI=1S/C16H25F3O/c17-16(18,19)15(20)14-12-7-3-1-5-10(12)9-11-6-2-4-8-13(11)14/h10-15,20H,1-9H2. The van der Waals surface area contributed by atoms with Crippen molar-refractivity contribution in [2.45, 2.75) is 70.1 Å². The Morgan fingerprint density at radius 2 is 1.25 bits per heavy atom. The smallest absolute Gasteiger partial charge is 0.383 e. The monoisotopic (exact) mass is 290 g/mol. The molecule has 3 saturated carbocycles. The SMILES string of the molecule is OC(C1C2CCCCC2CC2CCCCC21)C(F)(F)F. The van der Waals surface area contributed by atoms with Gasteiger partial charge in [-0.25, -0.2) is 0 Å². The number of hydrogen-bond acceptors (Lipinski definition) is 1. The Hall–Kier alpha value is -0.250. The highest BCUT2D eigenvalue weighted by atomic mass is 19.4. The van der Waals surface area contributed by atoms with Crippen molar-refractivity contribution < 1.29 is 18.3 Å². The van der Waals surface area contributed by atoms with Crippen molar-refractivity contribution >= 4 is 0 Å². The molecule has 0 heterocycles. The van der Waals surface area contributed by atoms with Crippen molar-refractivity contribution in [2.24, 2.45) is 29.6 Å². The average molecular weight is 290 g/mol. The highest BCUT2D eigenvalue weighted by Gasteiger charge is 2.54. The second-order valence-electron chi connectivity index (χ2n) is 7.22. The van der Waals surface area contributed by atoms with Crippen LogP contribution in [0.2, 0.25) is 0 Å². The molecule has 4 heteroatoms. The summed E-state index contributed by atoms with van der Waals surface area (Å²) in [5, 5.41) is 9.96. The molecule has 20 heavy (non-hydrogen) atoms. The van der Waals surface area contributed by atoms with Gasteiger partial charge in [0.1, 0.15) is 0 Å². The Morgan fingerprint density at radius 1 is 0.800 bits per heavy atom. The van der Waals surface area contributed by atoms with E-state index in [-0.39, 0.29) is 11.8 Å². The first-order valence-corrected chi connectivity index (χ1v) is 8.23. The molecule has 3 aliphatic carbocycles. The van der Waals surface area contributed by atoms with Crippen LogP contribution in [0.4, 0.5) is 13.2 Å². The molecule has 3 rings (SSSR count). The number of hydrogen-bond donors (Lipinski definition) is 1. The summed E-state index contributed by atoms with van der Waals surface area (Å²) in [5.41, 5.74) is 0. The lowest BCUT2D eigenvalue weighted by Crippen LogP contribution is -2.52. The lowest BCUT2D eigenvalue weighted by atomic mass is 9.53. The number of aliphatic hydroxyl groups is 1. The topological polar surface area (TPSA) is 20.2 Å². The summed E-state index contributed by atoms with van der Waals surface area (Å²) in [6.45, 7) is 0. The minimum Gasteiger partial charge on any atom is -0.383 e. The average Bonchev–Trinajstić information content (AvgIpc) is 2.43. The second-order valence-corrected chi connectivity index (χ2v) is 7.22. The van der Waals surface area contributed by atoms with E-state index in [4.69, 9.17) is 0 Å². The number of aliphatic hydroxyl groups excluding tert-OH is 1. The molecule has 0 spiro atoms. The zero-order valence-electron chi connectivity index (χ0n) is 11.9. The molecule has 5 atom stereocenters. The van der Waals surface area contributed by atoms with Gasteiger partial charge < -0.3 is 5.11 Å². The maximum atomic E-state index is 13.1. The molecule has 5 unspecified atom stereocenters. The lowest BCUT2D eigenvalue weighted by molar-refractivity contribution is -0.243. The molecule has 116 valence electrons.